The van der Waals surface area contributed by atoms with Crippen molar-refractivity contribution in [2.24, 2.45) is 5.73 Å². The fourth-order valence-corrected chi connectivity index (χ4v) is 2.94. The van der Waals surface area contributed by atoms with Gasteiger partial charge in [0.1, 0.15) is 0 Å². The van der Waals surface area contributed by atoms with Crippen molar-refractivity contribution in [1.29, 1.82) is 0 Å². The van der Waals surface area contributed by atoms with Crippen LogP contribution in [0.3, 0.4) is 0 Å². The van der Waals surface area contributed by atoms with E-state index in [1.165, 1.54) is 0 Å². The molecule has 0 unspecified atom stereocenters. The van der Waals surface area contributed by atoms with E-state index in [9.17, 15) is 8.42 Å². The van der Waals surface area contributed by atoms with E-state index < -0.39 is 10.0 Å². The first-order valence-electron chi connectivity index (χ1n) is 6.90. The van der Waals surface area contributed by atoms with Gasteiger partial charge in [-0.25, -0.2) is 13.1 Å². The van der Waals surface area contributed by atoms with E-state index >= 15 is 0 Å². The van der Waals surface area contributed by atoms with Crippen molar-refractivity contribution in [2.45, 2.75) is 32.1 Å². The van der Waals surface area contributed by atoms with Crippen molar-refractivity contribution in [1.82, 2.24) is 4.72 Å². The molecule has 114 valence electrons. The van der Waals surface area contributed by atoms with E-state index in [4.69, 9.17) is 10.5 Å². The van der Waals surface area contributed by atoms with Crippen molar-refractivity contribution in [2.75, 3.05) is 19.8 Å². The second kappa shape index (κ2) is 9.07. The summed E-state index contributed by atoms with van der Waals surface area (Å²) in [7, 11) is -3.30. The highest BCUT2D eigenvalue weighted by Gasteiger charge is 2.10. The van der Waals surface area contributed by atoms with E-state index in [1.54, 1.807) is 6.07 Å². The number of sulfonamides is 1. The van der Waals surface area contributed by atoms with Crippen LogP contribution in [0.2, 0.25) is 0 Å². The Hall–Kier alpha value is -0.950. The number of hydrogen-bond donors (Lipinski definition) is 2. The number of hydrogen-bond acceptors (Lipinski definition) is 4. The predicted molar refractivity (Wildman–Crippen MR) is 80.7 cm³/mol. The van der Waals surface area contributed by atoms with Crippen molar-refractivity contribution < 1.29 is 13.2 Å². The molecule has 0 spiro atoms. The van der Waals surface area contributed by atoms with Crippen molar-refractivity contribution in [3.63, 3.8) is 0 Å². The summed E-state index contributed by atoms with van der Waals surface area (Å²) in [6, 6.07) is 7.33. The molecule has 20 heavy (non-hydrogen) atoms. The zero-order valence-corrected chi connectivity index (χ0v) is 12.8. The lowest BCUT2D eigenvalue weighted by molar-refractivity contribution is 0.133. The first-order valence-corrected chi connectivity index (χ1v) is 8.55. The molecule has 0 saturated carbocycles. The maximum Gasteiger partial charge on any atom is 0.215 e. The number of nitrogens with one attached hydrogen (secondary N) is 1. The third-order valence-electron chi connectivity index (χ3n) is 2.72. The van der Waals surface area contributed by atoms with Crippen LogP contribution in [0.1, 0.15) is 30.9 Å². The molecule has 0 atom stereocenters. The summed E-state index contributed by atoms with van der Waals surface area (Å²) in [5.74, 6) is -0.0172. The zero-order chi connectivity index (χ0) is 14.8. The topological polar surface area (TPSA) is 81.4 Å². The van der Waals surface area contributed by atoms with E-state index in [2.05, 4.69) is 4.72 Å². The molecule has 6 heteroatoms. The molecule has 0 aliphatic rings. The van der Waals surface area contributed by atoms with Crippen LogP contribution in [-0.4, -0.2) is 28.2 Å². The standard InChI is InChI=1S/C14H24N2O3S/c1-2-8-19-9-4-7-16-20(17,18)12-14-6-3-5-13(10-14)11-15/h3,5-6,10,16H,2,4,7-9,11-12,15H2,1H3. The monoisotopic (exact) mass is 300 g/mol. The van der Waals surface area contributed by atoms with E-state index in [-0.39, 0.29) is 5.75 Å². The molecular weight excluding hydrogens is 276 g/mol. The Labute approximate surface area is 121 Å². The molecular formula is C14H24N2O3S. The Balaban J connectivity index is 2.37. The third-order valence-corrected chi connectivity index (χ3v) is 4.08. The van der Waals surface area contributed by atoms with E-state index in [1.807, 2.05) is 25.1 Å². The average Bonchev–Trinajstić information content (AvgIpc) is 2.42. The van der Waals surface area contributed by atoms with Crippen molar-refractivity contribution in [3.8, 4) is 0 Å². The lowest BCUT2D eigenvalue weighted by Crippen LogP contribution is -2.27. The van der Waals surface area contributed by atoms with Crippen molar-refractivity contribution >= 4 is 10.0 Å². The molecule has 0 radical (unpaired) electrons. The Kier molecular flexibility index (Phi) is 7.76. The minimum Gasteiger partial charge on any atom is -0.381 e. The lowest BCUT2D eigenvalue weighted by atomic mass is 10.1. The number of rotatable bonds is 10. The van der Waals surface area contributed by atoms with Gasteiger partial charge in [0.05, 0.1) is 5.75 Å². The fraction of sp³-hybridized carbons (Fsp3) is 0.571. The van der Waals surface area contributed by atoms with Crippen LogP contribution in [0.4, 0.5) is 0 Å². The summed E-state index contributed by atoms with van der Waals surface area (Å²) in [6.07, 6.45) is 1.66. The summed E-state index contributed by atoms with van der Waals surface area (Å²) in [5, 5.41) is 0. The molecule has 0 aromatic heterocycles. The quantitative estimate of drug-likeness (QED) is 0.640. The summed E-state index contributed by atoms with van der Waals surface area (Å²) < 4.78 is 31.7. The minimum atomic E-state index is -3.30. The van der Waals surface area contributed by atoms with Gasteiger partial charge in [-0.3, -0.25) is 0 Å². The fourth-order valence-electron chi connectivity index (χ4n) is 1.77. The molecule has 0 saturated heterocycles. The van der Waals surface area contributed by atoms with Gasteiger partial charge >= 0.3 is 0 Å². The van der Waals surface area contributed by atoms with Gasteiger partial charge in [-0.1, -0.05) is 31.2 Å². The zero-order valence-electron chi connectivity index (χ0n) is 12.0. The van der Waals surface area contributed by atoms with Gasteiger partial charge in [-0.15, -0.1) is 0 Å². The van der Waals surface area contributed by atoms with Gasteiger partial charge in [0.25, 0.3) is 0 Å². The largest absolute Gasteiger partial charge is 0.381 e. The Morgan fingerprint density at radius 1 is 1.25 bits per heavy atom. The Bertz CT molecular complexity index is 489. The summed E-state index contributed by atoms with van der Waals surface area (Å²) in [5.41, 5.74) is 7.23. The predicted octanol–water partition coefficient (Wildman–Crippen LogP) is 1.38. The molecule has 1 aromatic rings. The third kappa shape index (κ3) is 7.00. The highest BCUT2D eigenvalue weighted by molar-refractivity contribution is 7.88. The molecule has 1 aromatic carbocycles. The molecule has 1 rings (SSSR count). The molecule has 0 heterocycles. The second-order valence-electron chi connectivity index (χ2n) is 4.64. The number of ether oxygens (including phenoxy) is 1. The molecule has 0 aliphatic carbocycles. The van der Waals surface area contributed by atoms with Crippen molar-refractivity contribution in [3.05, 3.63) is 35.4 Å². The minimum absolute atomic E-state index is 0.0172. The Morgan fingerprint density at radius 2 is 2.00 bits per heavy atom. The molecule has 0 bridgehead atoms. The summed E-state index contributed by atoms with van der Waals surface area (Å²) >= 11 is 0. The van der Waals surface area contributed by atoms with Gasteiger partial charge in [0.2, 0.25) is 10.0 Å². The summed E-state index contributed by atoms with van der Waals surface area (Å²) in [6.45, 7) is 4.16. The first-order chi connectivity index (χ1) is 9.57. The molecule has 0 fully saturated rings. The van der Waals surface area contributed by atoms with Gasteiger partial charge in [0, 0.05) is 26.3 Å². The normalized spacial score (nSPS) is 11.7. The van der Waals surface area contributed by atoms with Crippen LogP contribution in [0, 0.1) is 0 Å². The SMILES string of the molecule is CCCOCCCNS(=O)(=O)Cc1cccc(CN)c1. The van der Waals surface area contributed by atoms with E-state index in [0.29, 0.717) is 26.1 Å². The smallest absolute Gasteiger partial charge is 0.215 e. The number of nitrogens with two attached hydrogens (primary N) is 1. The second-order valence-corrected chi connectivity index (χ2v) is 6.45. The van der Waals surface area contributed by atoms with Gasteiger partial charge in [-0.05, 0) is 24.0 Å². The average molecular weight is 300 g/mol. The van der Waals surface area contributed by atoms with Crippen LogP contribution < -0.4 is 10.5 Å². The van der Waals surface area contributed by atoms with E-state index in [0.717, 1.165) is 24.2 Å². The van der Waals surface area contributed by atoms with Crippen LogP contribution in [0.25, 0.3) is 0 Å². The van der Waals surface area contributed by atoms with Crippen LogP contribution in [0.5, 0.6) is 0 Å². The summed E-state index contributed by atoms with van der Waals surface area (Å²) in [4.78, 5) is 0. The maximum absolute atomic E-state index is 11.9. The molecule has 0 aliphatic heterocycles. The maximum atomic E-state index is 11.9. The van der Waals surface area contributed by atoms with Crippen LogP contribution >= 0.6 is 0 Å². The highest BCUT2D eigenvalue weighted by atomic mass is 32.2. The molecule has 3 N–H and O–H groups in total. The van der Waals surface area contributed by atoms with Crippen LogP contribution in [-0.2, 0) is 27.1 Å². The van der Waals surface area contributed by atoms with Gasteiger partial charge in [-0.2, -0.15) is 0 Å². The van der Waals surface area contributed by atoms with Gasteiger partial charge < -0.3 is 10.5 Å². The lowest BCUT2D eigenvalue weighted by Gasteiger charge is -2.08. The Morgan fingerprint density at radius 3 is 2.70 bits per heavy atom. The highest BCUT2D eigenvalue weighted by Crippen LogP contribution is 2.08. The molecule has 0 amide bonds. The molecule has 5 nitrogen and oxygen atoms in total. The number of benzene rings is 1. The van der Waals surface area contributed by atoms with Crippen LogP contribution in [0.15, 0.2) is 24.3 Å². The first kappa shape index (κ1) is 17.1. The van der Waals surface area contributed by atoms with Gasteiger partial charge in [0.15, 0.2) is 0 Å².